The predicted molar refractivity (Wildman–Crippen MR) is 71.4 cm³/mol. The summed E-state index contributed by atoms with van der Waals surface area (Å²) < 4.78 is 0. The molecule has 3 amide bonds. The Balaban J connectivity index is 4.27. The molecule has 0 unspecified atom stereocenters. The van der Waals surface area contributed by atoms with Crippen molar-refractivity contribution in [3.8, 4) is 0 Å². The molecule has 0 atom stereocenters. The van der Waals surface area contributed by atoms with Crippen LogP contribution in [0.1, 0.15) is 26.2 Å². The first-order valence-corrected chi connectivity index (χ1v) is 6.31. The molecule has 0 bridgehead atoms. The number of likely N-dealkylation sites (N-methyl/N-ethyl adjacent to an activating group) is 1. The van der Waals surface area contributed by atoms with Gasteiger partial charge in [0.05, 0.1) is 6.42 Å². The van der Waals surface area contributed by atoms with Crippen LogP contribution in [0, 0.1) is 0 Å². The number of aldehydes is 1. The lowest BCUT2D eigenvalue weighted by molar-refractivity contribution is -0.196. The van der Waals surface area contributed by atoms with Crippen molar-refractivity contribution in [1.29, 1.82) is 0 Å². The zero-order chi connectivity index (χ0) is 16.3. The molecule has 0 aromatic rings. The molecule has 0 aromatic heterocycles. The van der Waals surface area contributed by atoms with Gasteiger partial charge < -0.3 is 9.74 Å². The molecule has 116 valence electrons. The molecule has 0 aliphatic carbocycles. The quantitative estimate of drug-likeness (QED) is 0.350. The van der Waals surface area contributed by atoms with E-state index < -0.39 is 17.8 Å². The molecule has 8 nitrogen and oxygen atoms in total. The van der Waals surface area contributed by atoms with Crippen molar-refractivity contribution in [2.45, 2.75) is 26.2 Å². The molecule has 0 aromatic carbocycles. The third kappa shape index (κ3) is 7.61. The molecular weight excluding hydrogens is 280 g/mol. The molecular formula is C13H18N2O6. The number of imide groups is 1. The Labute approximate surface area is 122 Å². The zero-order valence-corrected chi connectivity index (χ0v) is 12.0. The van der Waals surface area contributed by atoms with Crippen LogP contribution in [0.3, 0.4) is 0 Å². The monoisotopic (exact) mass is 298 g/mol. The van der Waals surface area contributed by atoms with Gasteiger partial charge in [-0.05, 0) is 12.5 Å². The van der Waals surface area contributed by atoms with Crippen LogP contribution in [0.15, 0.2) is 12.2 Å². The third-order valence-electron chi connectivity index (χ3n) is 2.35. The molecule has 0 spiro atoms. The summed E-state index contributed by atoms with van der Waals surface area (Å²) in [5, 5.41) is 0.347. The standard InChI is InChI=1S/C13H18N2O6/c1-3-5-12(19)15(10-17)21-13(20)7-8-14(2)11(18)6-4-9-16/h4,6,9-10H,3,5,7-8H2,1-2H3/b6-4-. The Morgan fingerprint density at radius 3 is 2.33 bits per heavy atom. The smallest absolute Gasteiger partial charge is 0.334 e. The Hall–Kier alpha value is -2.51. The van der Waals surface area contributed by atoms with Gasteiger partial charge in [0, 0.05) is 26.1 Å². The Kier molecular flexibility index (Phi) is 9.07. The van der Waals surface area contributed by atoms with Crippen LogP contribution in [-0.2, 0) is 28.8 Å². The maximum absolute atomic E-state index is 11.5. The molecule has 0 radical (unpaired) electrons. The van der Waals surface area contributed by atoms with Crippen molar-refractivity contribution >= 4 is 30.5 Å². The van der Waals surface area contributed by atoms with Gasteiger partial charge in [0.15, 0.2) is 0 Å². The number of hydrogen-bond donors (Lipinski definition) is 0. The Bertz CT molecular complexity index is 432. The SMILES string of the molecule is CCCC(=O)N(C=O)OC(=O)CCN(C)C(=O)/C=C\C=O. The fourth-order valence-corrected chi connectivity index (χ4v) is 1.23. The van der Waals surface area contributed by atoms with E-state index in [2.05, 4.69) is 4.84 Å². The van der Waals surface area contributed by atoms with Crippen LogP contribution in [0.2, 0.25) is 0 Å². The number of carbonyl (C=O) groups is 5. The van der Waals surface area contributed by atoms with E-state index in [1.165, 1.54) is 11.9 Å². The fraction of sp³-hybridized carbons (Fsp3) is 0.462. The highest BCUT2D eigenvalue weighted by atomic mass is 16.7. The lowest BCUT2D eigenvalue weighted by Crippen LogP contribution is -2.34. The first-order valence-electron chi connectivity index (χ1n) is 6.31. The van der Waals surface area contributed by atoms with Crippen molar-refractivity contribution < 1.29 is 28.8 Å². The fourth-order valence-electron chi connectivity index (χ4n) is 1.23. The van der Waals surface area contributed by atoms with Gasteiger partial charge >= 0.3 is 5.97 Å². The van der Waals surface area contributed by atoms with Crippen molar-refractivity contribution in [3.05, 3.63) is 12.2 Å². The normalized spacial score (nSPS) is 10.0. The second-order valence-corrected chi connectivity index (χ2v) is 4.04. The topological polar surface area (TPSA) is 101 Å². The summed E-state index contributed by atoms with van der Waals surface area (Å²) in [6.45, 7) is 1.77. The van der Waals surface area contributed by atoms with E-state index in [9.17, 15) is 24.0 Å². The highest BCUT2D eigenvalue weighted by Crippen LogP contribution is 1.99. The zero-order valence-electron chi connectivity index (χ0n) is 12.0. The summed E-state index contributed by atoms with van der Waals surface area (Å²) in [7, 11) is 1.44. The molecule has 0 aliphatic rings. The molecule has 0 N–H and O–H groups in total. The van der Waals surface area contributed by atoms with Gasteiger partial charge in [0.1, 0.15) is 6.29 Å². The summed E-state index contributed by atoms with van der Waals surface area (Å²) in [6.07, 6.45) is 3.08. The minimum Gasteiger partial charge on any atom is -0.342 e. The maximum Gasteiger partial charge on any atom is 0.334 e. The number of allylic oxidation sites excluding steroid dienone is 1. The van der Waals surface area contributed by atoms with Crippen LogP contribution >= 0.6 is 0 Å². The predicted octanol–water partition coefficient (Wildman–Crippen LogP) is -0.167. The van der Waals surface area contributed by atoms with Gasteiger partial charge in [-0.1, -0.05) is 6.92 Å². The van der Waals surface area contributed by atoms with Crippen LogP contribution in [0.25, 0.3) is 0 Å². The van der Waals surface area contributed by atoms with E-state index in [4.69, 9.17) is 0 Å². The van der Waals surface area contributed by atoms with Crippen LogP contribution in [0.5, 0.6) is 0 Å². The molecule has 21 heavy (non-hydrogen) atoms. The number of hydroxylamine groups is 2. The first kappa shape index (κ1) is 18.5. The molecule has 0 heterocycles. The van der Waals surface area contributed by atoms with E-state index in [-0.39, 0.29) is 25.8 Å². The lowest BCUT2D eigenvalue weighted by Gasteiger charge is -2.16. The van der Waals surface area contributed by atoms with Crippen molar-refractivity contribution in [1.82, 2.24) is 9.96 Å². The highest BCUT2D eigenvalue weighted by molar-refractivity contribution is 5.91. The molecule has 0 saturated carbocycles. The highest BCUT2D eigenvalue weighted by Gasteiger charge is 2.18. The third-order valence-corrected chi connectivity index (χ3v) is 2.35. The average molecular weight is 298 g/mol. The molecule has 0 fully saturated rings. The summed E-state index contributed by atoms with van der Waals surface area (Å²) in [5.74, 6) is -1.88. The van der Waals surface area contributed by atoms with Crippen molar-refractivity contribution in [3.63, 3.8) is 0 Å². The minimum absolute atomic E-state index is 0.0233. The van der Waals surface area contributed by atoms with Gasteiger partial charge in [-0.2, -0.15) is 0 Å². The van der Waals surface area contributed by atoms with E-state index in [1.807, 2.05) is 0 Å². The number of amides is 3. The van der Waals surface area contributed by atoms with Crippen molar-refractivity contribution in [2.75, 3.05) is 13.6 Å². The van der Waals surface area contributed by atoms with Crippen LogP contribution < -0.4 is 0 Å². The minimum atomic E-state index is -0.814. The van der Waals surface area contributed by atoms with E-state index in [0.29, 0.717) is 17.8 Å². The first-order chi connectivity index (χ1) is 9.96. The molecule has 0 saturated heterocycles. The van der Waals surface area contributed by atoms with E-state index in [1.54, 1.807) is 6.92 Å². The summed E-state index contributed by atoms with van der Waals surface area (Å²) in [4.78, 5) is 60.7. The number of nitrogens with zero attached hydrogens (tertiary/aromatic N) is 2. The summed E-state index contributed by atoms with van der Waals surface area (Å²) in [5.41, 5.74) is 0. The molecule has 8 heteroatoms. The number of rotatable bonds is 8. The summed E-state index contributed by atoms with van der Waals surface area (Å²) in [6, 6.07) is 0. The van der Waals surface area contributed by atoms with Crippen LogP contribution in [0.4, 0.5) is 0 Å². The maximum atomic E-state index is 11.5. The average Bonchev–Trinajstić information content (AvgIpc) is 2.47. The largest absolute Gasteiger partial charge is 0.342 e. The second-order valence-electron chi connectivity index (χ2n) is 4.04. The summed E-state index contributed by atoms with van der Waals surface area (Å²) >= 11 is 0. The Morgan fingerprint density at radius 2 is 1.81 bits per heavy atom. The molecule has 0 aliphatic heterocycles. The van der Waals surface area contributed by atoms with E-state index >= 15 is 0 Å². The Morgan fingerprint density at radius 1 is 1.14 bits per heavy atom. The number of carbonyl (C=O) groups excluding carboxylic acids is 5. The van der Waals surface area contributed by atoms with Gasteiger partial charge in [-0.3, -0.25) is 19.2 Å². The van der Waals surface area contributed by atoms with Gasteiger partial charge in [-0.25, -0.2) is 4.79 Å². The van der Waals surface area contributed by atoms with Gasteiger partial charge in [0.2, 0.25) is 5.91 Å². The van der Waals surface area contributed by atoms with Gasteiger partial charge in [0.25, 0.3) is 12.3 Å². The second kappa shape index (κ2) is 10.3. The lowest BCUT2D eigenvalue weighted by atomic mass is 10.3. The van der Waals surface area contributed by atoms with Gasteiger partial charge in [-0.15, -0.1) is 5.06 Å². The van der Waals surface area contributed by atoms with E-state index in [0.717, 1.165) is 12.2 Å². The van der Waals surface area contributed by atoms with Crippen LogP contribution in [-0.4, -0.2) is 54.0 Å². The molecule has 0 rings (SSSR count). The van der Waals surface area contributed by atoms with Crippen molar-refractivity contribution in [2.24, 2.45) is 0 Å². The number of hydrogen-bond acceptors (Lipinski definition) is 6.